The zero-order valence-corrected chi connectivity index (χ0v) is 19.4. The number of furan rings is 1. The molecule has 3 heterocycles. The molecule has 1 aromatic heterocycles. The number of likely N-dealkylation sites (tertiary alicyclic amines) is 1. The molecule has 2 aliphatic rings. The van der Waals surface area contributed by atoms with Crippen LogP contribution in [-0.4, -0.2) is 65.5 Å². The molecule has 1 aromatic carbocycles. The van der Waals surface area contributed by atoms with Crippen molar-refractivity contribution in [2.45, 2.75) is 45.4 Å². The van der Waals surface area contributed by atoms with Crippen LogP contribution in [0.15, 0.2) is 47.1 Å². The van der Waals surface area contributed by atoms with Gasteiger partial charge in [-0.3, -0.25) is 19.3 Å². The number of benzene rings is 1. The molecule has 2 aromatic rings. The average molecular weight is 454 g/mol. The maximum Gasteiger partial charge on any atom is 0.289 e. The molecule has 2 aliphatic heterocycles. The maximum absolute atomic E-state index is 13.8. The predicted octanol–water partition coefficient (Wildman–Crippen LogP) is 2.83. The number of amides is 3. The third-order valence-electron chi connectivity index (χ3n) is 6.41. The molecule has 1 spiro atoms. The van der Waals surface area contributed by atoms with Crippen molar-refractivity contribution < 1.29 is 23.5 Å². The van der Waals surface area contributed by atoms with E-state index in [-0.39, 0.29) is 30.1 Å². The number of piperidine rings is 1. The van der Waals surface area contributed by atoms with E-state index >= 15 is 0 Å². The third-order valence-corrected chi connectivity index (χ3v) is 6.41. The smallest absolute Gasteiger partial charge is 0.289 e. The van der Waals surface area contributed by atoms with E-state index in [0.29, 0.717) is 44.0 Å². The Morgan fingerprint density at radius 1 is 1.09 bits per heavy atom. The molecule has 0 saturated carbocycles. The van der Waals surface area contributed by atoms with E-state index in [9.17, 15) is 14.4 Å². The van der Waals surface area contributed by atoms with Crippen molar-refractivity contribution in [1.82, 2.24) is 15.1 Å². The van der Waals surface area contributed by atoms with Crippen molar-refractivity contribution in [3.63, 3.8) is 0 Å². The zero-order chi connectivity index (χ0) is 23.6. The Kier molecular flexibility index (Phi) is 6.56. The minimum atomic E-state index is -0.931. The first-order valence-corrected chi connectivity index (χ1v) is 11.5. The van der Waals surface area contributed by atoms with Crippen molar-refractivity contribution in [2.24, 2.45) is 5.92 Å². The standard InChI is InChI=1S/C25H31N3O5/c1-17(2)15-26-22(29)20-16-33-25(28(20)23(30)19-8-5-4-7-18(19)3)10-12-27(13-11-25)24(31)21-9-6-14-32-21/h4-9,14,17,20H,10-13,15-16H2,1-3H3,(H,26,29)/t20-/m0/s1. The Balaban J connectivity index is 1.58. The van der Waals surface area contributed by atoms with Gasteiger partial charge in [-0.05, 0) is 36.6 Å². The van der Waals surface area contributed by atoms with Gasteiger partial charge < -0.3 is 19.4 Å². The summed E-state index contributed by atoms with van der Waals surface area (Å²) in [6, 6.07) is 9.97. The van der Waals surface area contributed by atoms with Gasteiger partial charge in [0.15, 0.2) is 5.76 Å². The lowest BCUT2D eigenvalue weighted by atomic mass is 9.95. The molecule has 0 bridgehead atoms. The molecule has 4 rings (SSSR count). The van der Waals surface area contributed by atoms with Crippen molar-refractivity contribution in [3.8, 4) is 0 Å². The summed E-state index contributed by atoms with van der Waals surface area (Å²) in [6.07, 6.45) is 2.32. The first-order chi connectivity index (χ1) is 15.8. The predicted molar refractivity (Wildman–Crippen MR) is 122 cm³/mol. The van der Waals surface area contributed by atoms with Crippen LogP contribution in [0.5, 0.6) is 0 Å². The Labute approximate surface area is 193 Å². The SMILES string of the molecule is Cc1ccccc1C(=O)N1[C@H](C(=O)NCC(C)C)COC12CCN(C(=O)c1ccco1)CC2. The lowest BCUT2D eigenvalue weighted by Gasteiger charge is -2.44. The molecule has 0 unspecified atom stereocenters. The van der Waals surface area contributed by atoms with Crippen LogP contribution >= 0.6 is 0 Å². The van der Waals surface area contributed by atoms with E-state index in [4.69, 9.17) is 9.15 Å². The van der Waals surface area contributed by atoms with E-state index < -0.39 is 11.8 Å². The highest BCUT2D eigenvalue weighted by atomic mass is 16.5. The fourth-order valence-corrected chi connectivity index (χ4v) is 4.55. The van der Waals surface area contributed by atoms with Gasteiger partial charge in [0.25, 0.3) is 11.8 Å². The number of carbonyl (C=O) groups is 3. The normalized spacial score (nSPS) is 19.8. The third kappa shape index (κ3) is 4.53. The molecule has 0 radical (unpaired) electrons. The molecule has 1 atom stereocenters. The molecule has 8 heteroatoms. The molecular formula is C25H31N3O5. The average Bonchev–Trinajstić information content (AvgIpc) is 3.46. The number of hydrogen-bond donors (Lipinski definition) is 1. The number of aryl methyl sites for hydroxylation is 1. The molecule has 3 amide bonds. The fourth-order valence-electron chi connectivity index (χ4n) is 4.55. The van der Waals surface area contributed by atoms with Crippen LogP contribution in [0.25, 0.3) is 0 Å². The van der Waals surface area contributed by atoms with Crippen LogP contribution in [-0.2, 0) is 9.53 Å². The van der Waals surface area contributed by atoms with E-state index in [0.717, 1.165) is 5.56 Å². The molecule has 2 fully saturated rings. The summed E-state index contributed by atoms with van der Waals surface area (Å²) in [6.45, 7) is 7.39. The number of hydrogen-bond acceptors (Lipinski definition) is 5. The second kappa shape index (κ2) is 9.39. The summed E-state index contributed by atoms with van der Waals surface area (Å²) in [4.78, 5) is 42.9. The quantitative estimate of drug-likeness (QED) is 0.752. The van der Waals surface area contributed by atoms with Crippen LogP contribution < -0.4 is 5.32 Å². The van der Waals surface area contributed by atoms with Gasteiger partial charge in [-0.1, -0.05) is 32.0 Å². The summed E-state index contributed by atoms with van der Waals surface area (Å²) in [5.41, 5.74) is 0.466. The summed E-state index contributed by atoms with van der Waals surface area (Å²) in [5, 5.41) is 2.95. The Hall–Kier alpha value is -3.13. The van der Waals surface area contributed by atoms with Crippen molar-refractivity contribution in [2.75, 3.05) is 26.2 Å². The number of rotatable bonds is 5. The molecule has 2 saturated heterocycles. The second-order valence-electron chi connectivity index (χ2n) is 9.17. The molecule has 33 heavy (non-hydrogen) atoms. The Morgan fingerprint density at radius 3 is 2.45 bits per heavy atom. The van der Waals surface area contributed by atoms with Gasteiger partial charge in [-0.25, -0.2) is 0 Å². The number of carbonyl (C=O) groups excluding carboxylic acids is 3. The van der Waals surface area contributed by atoms with E-state index in [1.165, 1.54) is 6.26 Å². The summed E-state index contributed by atoms with van der Waals surface area (Å²) in [7, 11) is 0. The van der Waals surface area contributed by atoms with Gasteiger partial charge in [0.05, 0.1) is 12.9 Å². The summed E-state index contributed by atoms with van der Waals surface area (Å²) in [5.74, 6) is -0.0350. The topological polar surface area (TPSA) is 92.1 Å². The molecule has 176 valence electrons. The minimum Gasteiger partial charge on any atom is -0.459 e. The van der Waals surface area contributed by atoms with Gasteiger partial charge in [0, 0.05) is 38.0 Å². The van der Waals surface area contributed by atoms with E-state index in [1.807, 2.05) is 39.0 Å². The maximum atomic E-state index is 13.8. The lowest BCUT2D eigenvalue weighted by molar-refractivity contribution is -0.128. The van der Waals surface area contributed by atoms with Gasteiger partial charge in [0.2, 0.25) is 5.91 Å². The minimum absolute atomic E-state index is 0.133. The van der Waals surface area contributed by atoms with Crippen LogP contribution in [0.1, 0.15) is 53.2 Å². The summed E-state index contributed by atoms with van der Waals surface area (Å²) >= 11 is 0. The van der Waals surface area contributed by atoms with Crippen LogP contribution in [0.3, 0.4) is 0 Å². The van der Waals surface area contributed by atoms with Crippen LogP contribution in [0.4, 0.5) is 0 Å². The first-order valence-electron chi connectivity index (χ1n) is 11.5. The highest BCUT2D eigenvalue weighted by Gasteiger charge is 2.54. The van der Waals surface area contributed by atoms with Gasteiger partial charge >= 0.3 is 0 Å². The monoisotopic (exact) mass is 453 g/mol. The Bertz CT molecular complexity index is 1010. The summed E-state index contributed by atoms with van der Waals surface area (Å²) < 4.78 is 11.5. The number of nitrogens with one attached hydrogen (secondary N) is 1. The number of ether oxygens (including phenoxy) is 1. The molecule has 8 nitrogen and oxygen atoms in total. The lowest BCUT2D eigenvalue weighted by Crippen LogP contribution is -2.60. The van der Waals surface area contributed by atoms with Crippen LogP contribution in [0.2, 0.25) is 0 Å². The van der Waals surface area contributed by atoms with Gasteiger partial charge in [-0.2, -0.15) is 0 Å². The fraction of sp³-hybridized carbons (Fsp3) is 0.480. The highest BCUT2D eigenvalue weighted by Crippen LogP contribution is 2.39. The number of nitrogens with zero attached hydrogens (tertiary/aromatic N) is 2. The Morgan fingerprint density at radius 2 is 1.82 bits per heavy atom. The molecule has 0 aliphatic carbocycles. The van der Waals surface area contributed by atoms with Gasteiger partial charge in [0.1, 0.15) is 11.8 Å². The first kappa shape index (κ1) is 23.0. The van der Waals surface area contributed by atoms with Gasteiger partial charge in [-0.15, -0.1) is 0 Å². The van der Waals surface area contributed by atoms with Crippen molar-refractivity contribution in [3.05, 3.63) is 59.5 Å². The van der Waals surface area contributed by atoms with Crippen molar-refractivity contribution in [1.29, 1.82) is 0 Å². The van der Waals surface area contributed by atoms with E-state index in [2.05, 4.69) is 5.32 Å². The van der Waals surface area contributed by atoms with E-state index in [1.54, 1.807) is 28.0 Å². The second-order valence-corrected chi connectivity index (χ2v) is 9.17. The molecular weight excluding hydrogens is 422 g/mol. The van der Waals surface area contributed by atoms with Crippen LogP contribution in [0, 0.1) is 12.8 Å². The largest absolute Gasteiger partial charge is 0.459 e. The zero-order valence-electron chi connectivity index (χ0n) is 19.4. The highest BCUT2D eigenvalue weighted by molar-refractivity contribution is 5.99. The van der Waals surface area contributed by atoms with Crippen molar-refractivity contribution >= 4 is 17.7 Å². The molecule has 1 N–H and O–H groups in total.